The van der Waals surface area contributed by atoms with Crippen molar-refractivity contribution in [3.63, 3.8) is 0 Å². The Hall–Kier alpha value is -2.04. The van der Waals surface area contributed by atoms with Crippen molar-refractivity contribution in [2.75, 3.05) is 6.54 Å². The van der Waals surface area contributed by atoms with Crippen LogP contribution in [-0.4, -0.2) is 29.3 Å². The van der Waals surface area contributed by atoms with Gasteiger partial charge in [0, 0.05) is 29.6 Å². The number of carbonyl (C=O) groups is 2. The molecule has 4 nitrogen and oxygen atoms in total. The van der Waals surface area contributed by atoms with Crippen LogP contribution in [0.2, 0.25) is 10.0 Å². The van der Waals surface area contributed by atoms with Crippen LogP contribution >= 0.6 is 23.2 Å². The largest absolute Gasteiger partial charge is 0.354 e. The van der Waals surface area contributed by atoms with Crippen LogP contribution in [0, 0.1) is 0 Å². The zero-order chi connectivity index (χ0) is 21.2. The summed E-state index contributed by atoms with van der Waals surface area (Å²) in [5.41, 5.74) is 1.85. The molecule has 2 aromatic rings. The third-order valence-corrected chi connectivity index (χ3v) is 5.45. The van der Waals surface area contributed by atoms with Gasteiger partial charge in [-0.15, -0.1) is 0 Å². The van der Waals surface area contributed by atoms with Gasteiger partial charge in [-0.2, -0.15) is 0 Å². The third-order valence-electron chi connectivity index (χ3n) is 4.83. The molecule has 1 atom stereocenters. The van der Waals surface area contributed by atoms with E-state index in [-0.39, 0.29) is 18.2 Å². The molecule has 2 rings (SSSR count). The summed E-state index contributed by atoms with van der Waals surface area (Å²) in [7, 11) is 0. The molecule has 0 aliphatic rings. The smallest absolute Gasteiger partial charge is 0.242 e. The highest BCUT2D eigenvalue weighted by Gasteiger charge is 2.25. The lowest BCUT2D eigenvalue weighted by atomic mass is 10.1. The van der Waals surface area contributed by atoms with Gasteiger partial charge in [0.1, 0.15) is 6.04 Å². The maximum Gasteiger partial charge on any atom is 0.242 e. The van der Waals surface area contributed by atoms with Gasteiger partial charge in [-0.25, -0.2) is 0 Å². The Morgan fingerprint density at radius 1 is 1.07 bits per heavy atom. The van der Waals surface area contributed by atoms with Gasteiger partial charge in [-0.3, -0.25) is 9.59 Å². The summed E-state index contributed by atoms with van der Waals surface area (Å²) < 4.78 is 0. The molecule has 0 unspecified atom stereocenters. The standard InChI is InChI=1S/C23H28Cl2N2O2/c1-3-4-15-26-23(29)17(2)27(16-18-9-12-20(24)13-10-18)22(28)14-11-19-7-5-6-8-21(19)25/h5-10,12-13,17H,3-4,11,14-16H2,1-2H3,(H,26,29)/t17-/m1/s1. The molecule has 0 aromatic heterocycles. The minimum absolute atomic E-state index is 0.0852. The second-order valence-corrected chi connectivity index (χ2v) is 7.90. The Kier molecular flexibility index (Phi) is 9.49. The van der Waals surface area contributed by atoms with Crippen molar-refractivity contribution >= 4 is 35.0 Å². The Labute approximate surface area is 183 Å². The number of carbonyl (C=O) groups excluding carboxylic acids is 2. The molecule has 2 amide bonds. The lowest BCUT2D eigenvalue weighted by Crippen LogP contribution is -2.47. The van der Waals surface area contributed by atoms with Gasteiger partial charge in [0.2, 0.25) is 11.8 Å². The van der Waals surface area contributed by atoms with E-state index in [1.54, 1.807) is 24.0 Å². The molecule has 156 valence electrons. The van der Waals surface area contributed by atoms with Crippen LogP contribution in [0.15, 0.2) is 48.5 Å². The minimum atomic E-state index is -0.568. The molecule has 0 bridgehead atoms. The van der Waals surface area contributed by atoms with Crippen molar-refractivity contribution in [2.45, 2.75) is 52.1 Å². The first-order valence-electron chi connectivity index (χ1n) is 9.97. The van der Waals surface area contributed by atoms with Crippen LogP contribution in [0.4, 0.5) is 0 Å². The van der Waals surface area contributed by atoms with Gasteiger partial charge in [0.15, 0.2) is 0 Å². The number of nitrogens with zero attached hydrogens (tertiary/aromatic N) is 1. The summed E-state index contributed by atoms with van der Waals surface area (Å²) in [4.78, 5) is 27.3. The Morgan fingerprint density at radius 2 is 1.76 bits per heavy atom. The molecule has 0 aliphatic carbocycles. The number of amides is 2. The SMILES string of the molecule is CCCCNC(=O)[C@@H](C)N(Cc1ccc(Cl)cc1)C(=O)CCc1ccccc1Cl. The van der Waals surface area contributed by atoms with Crippen molar-refractivity contribution in [3.05, 3.63) is 69.7 Å². The predicted octanol–water partition coefficient (Wildman–Crippen LogP) is 5.26. The van der Waals surface area contributed by atoms with E-state index in [1.165, 1.54) is 0 Å². The van der Waals surface area contributed by atoms with Crippen molar-refractivity contribution < 1.29 is 9.59 Å². The lowest BCUT2D eigenvalue weighted by Gasteiger charge is -2.29. The first kappa shape index (κ1) is 23.2. The van der Waals surface area contributed by atoms with Crippen LogP contribution in [0.25, 0.3) is 0 Å². The summed E-state index contributed by atoms with van der Waals surface area (Å²) in [6, 6.07) is 14.3. The average molecular weight is 435 g/mol. The topological polar surface area (TPSA) is 49.4 Å². The maximum absolute atomic E-state index is 13.1. The molecular weight excluding hydrogens is 407 g/mol. The molecule has 1 N–H and O–H groups in total. The molecule has 0 aliphatic heterocycles. The van der Waals surface area contributed by atoms with Crippen LogP contribution in [-0.2, 0) is 22.6 Å². The number of benzene rings is 2. The second kappa shape index (κ2) is 11.8. The number of halogens is 2. The monoisotopic (exact) mass is 434 g/mol. The summed E-state index contributed by atoms with van der Waals surface area (Å²) in [6.45, 7) is 4.80. The fraction of sp³-hybridized carbons (Fsp3) is 0.391. The van der Waals surface area contributed by atoms with Gasteiger partial charge in [-0.1, -0.05) is 66.9 Å². The van der Waals surface area contributed by atoms with Crippen molar-refractivity contribution in [3.8, 4) is 0 Å². The Balaban J connectivity index is 2.11. The Morgan fingerprint density at radius 3 is 2.41 bits per heavy atom. The highest BCUT2D eigenvalue weighted by molar-refractivity contribution is 6.31. The van der Waals surface area contributed by atoms with Crippen LogP contribution in [0.3, 0.4) is 0 Å². The highest BCUT2D eigenvalue weighted by Crippen LogP contribution is 2.19. The lowest BCUT2D eigenvalue weighted by molar-refractivity contribution is -0.140. The van der Waals surface area contributed by atoms with Crippen LogP contribution in [0.1, 0.15) is 44.2 Å². The molecule has 29 heavy (non-hydrogen) atoms. The number of hydrogen-bond acceptors (Lipinski definition) is 2. The number of hydrogen-bond donors (Lipinski definition) is 1. The van der Waals surface area contributed by atoms with Gasteiger partial charge in [0.05, 0.1) is 0 Å². The van der Waals surface area contributed by atoms with Crippen LogP contribution < -0.4 is 5.32 Å². The molecule has 2 aromatic carbocycles. The van der Waals surface area contributed by atoms with E-state index in [1.807, 2.05) is 36.4 Å². The molecule has 0 fully saturated rings. The molecule has 0 saturated heterocycles. The van der Waals surface area contributed by atoms with Gasteiger partial charge < -0.3 is 10.2 Å². The maximum atomic E-state index is 13.1. The number of unbranched alkanes of at least 4 members (excludes halogenated alkanes) is 1. The second-order valence-electron chi connectivity index (χ2n) is 7.06. The highest BCUT2D eigenvalue weighted by atomic mass is 35.5. The quantitative estimate of drug-likeness (QED) is 0.518. The molecular formula is C23H28Cl2N2O2. The molecule has 0 heterocycles. The van der Waals surface area contributed by atoms with Crippen molar-refractivity contribution in [2.24, 2.45) is 0 Å². The van der Waals surface area contributed by atoms with E-state index in [0.29, 0.717) is 29.6 Å². The molecule has 0 spiro atoms. The van der Waals surface area contributed by atoms with E-state index in [0.717, 1.165) is 24.0 Å². The van der Waals surface area contributed by atoms with Crippen LogP contribution in [0.5, 0.6) is 0 Å². The Bertz CT molecular complexity index is 809. The first-order chi connectivity index (χ1) is 13.9. The normalized spacial score (nSPS) is 11.7. The third kappa shape index (κ3) is 7.37. The minimum Gasteiger partial charge on any atom is -0.354 e. The fourth-order valence-electron chi connectivity index (χ4n) is 2.99. The average Bonchev–Trinajstić information content (AvgIpc) is 2.72. The summed E-state index contributed by atoms with van der Waals surface area (Å²) in [5, 5.41) is 4.20. The van der Waals surface area contributed by atoms with Gasteiger partial charge in [-0.05, 0) is 49.1 Å². The summed E-state index contributed by atoms with van der Waals surface area (Å²) in [6.07, 6.45) is 2.72. The summed E-state index contributed by atoms with van der Waals surface area (Å²) in [5.74, 6) is -0.225. The van der Waals surface area contributed by atoms with Gasteiger partial charge in [0.25, 0.3) is 0 Å². The fourth-order valence-corrected chi connectivity index (χ4v) is 3.35. The molecule has 6 heteroatoms. The van der Waals surface area contributed by atoms with E-state index in [4.69, 9.17) is 23.2 Å². The van der Waals surface area contributed by atoms with E-state index >= 15 is 0 Å². The van der Waals surface area contributed by atoms with E-state index in [9.17, 15) is 9.59 Å². The molecule has 0 radical (unpaired) electrons. The van der Waals surface area contributed by atoms with Crippen molar-refractivity contribution in [1.29, 1.82) is 0 Å². The first-order valence-corrected chi connectivity index (χ1v) is 10.7. The van der Waals surface area contributed by atoms with E-state index < -0.39 is 6.04 Å². The van der Waals surface area contributed by atoms with E-state index in [2.05, 4.69) is 12.2 Å². The number of aryl methyl sites for hydroxylation is 1. The number of rotatable bonds is 10. The summed E-state index contributed by atoms with van der Waals surface area (Å²) >= 11 is 12.2. The number of nitrogens with one attached hydrogen (secondary N) is 1. The predicted molar refractivity (Wildman–Crippen MR) is 119 cm³/mol. The zero-order valence-corrected chi connectivity index (χ0v) is 18.5. The zero-order valence-electron chi connectivity index (χ0n) is 17.0. The van der Waals surface area contributed by atoms with Gasteiger partial charge >= 0.3 is 0 Å². The van der Waals surface area contributed by atoms with Crippen molar-refractivity contribution in [1.82, 2.24) is 10.2 Å². The molecule has 0 saturated carbocycles.